The quantitative estimate of drug-likeness (QED) is 0.672. The van der Waals surface area contributed by atoms with E-state index >= 15 is 0 Å². The molecule has 2 rings (SSSR count). The second-order valence-electron chi connectivity index (χ2n) is 5.38. The molecule has 1 fully saturated rings. The van der Waals surface area contributed by atoms with Gasteiger partial charge in [0.15, 0.2) is 0 Å². The third-order valence-corrected chi connectivity index (χ3v) is 3.68. The molecule has 0 amide bonds. The number of piperazine rings is 1. The Balaban J connectivity index is 2.19. The van der Waals surface area contributed by atoms with Gasteiger partial charge in [-0.25, -0.2) is 0 Å². The highest BCUT2D eigenvalue weighted by atomic mass is 16.6. The zero-order valence-electron chi connectivity index (χ0n) is 12.1. The van der Waals surface area contributed by atoms with Gasteiger partial charge in [0, 0.05) is 37.8 Å². The summed E-state index contributed by atoms with van der Waals surface area (Å²) in [5.74, 6) is 0.532. The number of benzene rings is 1. The van der Waals surface area contributed by atoms with E-state index in [0.717, 1.165) is 18.7 Å². The molecule has 1 heterocycles. The average Bonchev–Trinajstić information content (AvgIpc) is 2.42. The molecular weight excluding hydrogens is 258 g/mol. The van der Waals surface area contributed by atoms with Crippen LogP contribution in [0.25, 0.3) is 0 Å². The summed E-state index contributed by atoms with van der Waals surface area (Å²) in [5.41, 5.74) is 0.993. The topological polar surface area (TPSA) is 67.6 Å². The molecule has 1 aliphatic heterocycles. The van der Waals surface area contributed by atoms with Crippen molar-refractivity contribution in [1.82, 2.24) is 10.2 Å². The molecule has 110 valence electrons. The molecule has 1 saturated heterocycles. The summed E-state index contributed by atoms with van der Waals surface area (Å²) < 4.78 is 5.15. The highest BCUT2D eigenvalue weighted by Gasteiger charge is 2.23. The summed E-state index contributed by atoms with van der Waals surface area (Å²) in [6, 6.07) is 5.80. The number of nitrogens with zero attached hydrogens (tertiary/aromatic N) is 2. The lowest BCUT2D eigenvalue weighted by molar-refractivity contribution is -0.385. The number of nitro benzene ring substituents is 1. The van der Waals surface area contributed by atoms with Crippen LogP contribution in [0.1, 0.15) is 19.4 Å². The number of nitrogens with one attached hydrogen (secondary N) is 1. The summed E-state index contributed by atoms with van der Waals surface area (Å²) in [4.78, 5) is 12.9. The normalized spacial score (nSPS) is 23.6. The van der Waals surface area contributed by atoms with Crippen molar-refractivity contribution in [2.75, 3.05) is 20.2 Å². The molecule has 0 aromatic heterocycles. The Labute approximate surface area is 118 Å². The van der Waals surface area contributed by atoms with Crippen molar-refractivity contribution in [3.8, 4) is 5.75 Å². The smallest absolute Gasteiger partial charge is 0.273 e. The van der Waals surface area contributed by atoms with Crippen LogP contribution in [0, 0.1) is 10.1 Å². The van der Waals surface area contributed by atoms with Gasteiger partial charge in [0.05, 0.1) is 18.1 Å². The summed E-state index contributed by atoms with van der Waals surface area (Å²) in [6.45, 7) is 6.88. The van der Waals surface area contributed by atoms with Crippen LogP contribution in [-0.4, -0.2) is 42.1 Å². The lowest BCUT2D eigenvalue weighted by atomic mass is 10.1. The Morgan fingerprint density at radius 1 is 1.45 bits per heavy atom. The fourth-order valence-electron chi connectivity index (χ4n) is 2.51. The van der Waals surface area contributed by atoms with E-state index in [1.165, 1.54) is 13.2 Å². The van der Waals surface area contributed by atoms with E-state index in [0.29, 0.717) is 24.4 Å². The maximum atomic E-state index is 11.0. The van der Waals surface area contributed by atoms with E-state index in [2.05, 4.69) is 24.1 Å². The zero-order chi connectivity index (χ0) is 14.7. The number of hydrogen-bond donors (Lipinski definition) is 1. The number of rotatable bonds is 4. The van der Waals surface area contributed by atoms with Crippen molar-refractivity contribution >= 4 is 5.69 Å². The van der Waals surface area contributed by atoms with Crippen LogP contribution >= 0.6 is 0 Å². The monoisotopic (exact) mass is 279 g/mol. The predicted molar refractivity (Wildman–Crippen MR) is 77.0 cm³/mol. The van der Waals surface area contributed by atoms with E-state index in [4.69, 9.17) is 4.74 Å². The lowest BCUT2D eigenvalue weighted by Gasteiger charge is -2.37. The van der Waals surface area contributed by atoms with Gasteiger partial charge in [-0.05, 0) is 25.5 Å². The Kier molecular flexibility index (Phi) is 4.57. The zero-order valence-corrected chi connectivity index (χ0v) is 12.1. The summed E-state index contributed by atoms with van der Waals surface area (Å²) in [6.07, 6.45) is 0. The van der Waals surface area contributed by atoms with Gasteiger partial charge >= 0.3 is 0 Å². The first-order valence-electron chi connectivity index (χ1n) is 6.79. The van der Waals surface area contributed by atoms with Gasteiger partial charge in [-0.15, -0.1) is 0 Å². The molecular formula is C14H21N3O3. The third kappa shape index (κ3) is 3.46. The van der Waals surface area contributed by atoms with Crippen molar-refractivity contribution in [3.05, 3.63) is 33.9 Å². The summed E-state index contributed by atoms with van der Waals surface area (Å²) in [5, 5.41) is 14.4. The molecule has 0 spiro atoms. The fraction of sp³-hybridized carbons (Fsp3) is 0.571. The minimum absolute atomic E-state index is 0.0789. The first kappa shape index (κ1) is 14.7. The van der Waals surface area contributed by atoms with E-state index in [1.807, 2.05) is 6.07 Å². The van der Waals surface area contributed by atoms with Gasteiger partial charge in [0.1, 0.15) is 5.75 Å². The van der Waals surface area contributed by atoms with Gasteiger partial charge in [0.25, 0.3) is 5.69 Å². The van der Waals surface area contributed by atoms with Crippen LogP contribution in [0.5, 0.6) is 5.75 Å². The molecule has 1 aliphatic rings. The second-order valence-corrected chi connectivity index (χ2v) is 5.38. The van der Waals surface area contributed by atoms with Crippen molar-refractivity contribution < 1.29 is 9.66 Å². The summed E-state index contributed by atoms with van der Waals surface area (Å²) >= 11 is 0. The minimum Gasteiger partial charge on any atom is -0.496 e. The molecule has 2 atom stereocenters. The van der Waals surface area contributed by atoms with Crippen molar-refractivity contribution in [2.24, 2.45) is 0 Å². The number of hydrogen-bond acceptors (Lipinski definition) is 5. The molecule has 1 N–H and O–H groups in total. The van der Waals surface area contributed by atoms with Gasteiger partial charge in [-0.1, -0.05) is 0 Å². The first-order chi connectivity index (χ1) is 9.49. The number of non-ortho nitro benzene ring substituents is 1. The average molecular weight is 279 g/mol. The van der Waals surface area contributed by atoms with Crippen LogP contribution in [0.15, 0.2) is 18.2 Å². The molecule has 0 aliphatic carbocycles. The predicted octanol–water partition coefficient (Wildman–Crippen LogP) is 1.79. The molecule has 0 bridgehead atoms. The number of methoxy groups -OCH3 is 1. The fourth-order valence-corrected chi connectivity index (χ4v) is 2.51. The molecule has 0 saturated carbocycles. The summed E-state index contributed by atoms with van der Waals surface area (Å²) in [7, 11) is 1.53. The van der Waals surface area contributed by atoms with Gasteiger partial charge in [-0.3, -0.25) is 15.0 Å². The van der Waals surface area contributed by atoms with Crippen molar-refractivity contribution in [2.45, 2.75) is 32.5 Å². The Hall–Kier alpha value is -1.66. The molecule has 1 aromatic carbocycles. The van der Waals surface area contributed by atoms with Crippen LogP contribution in [-0.2, 0) is 6.54 Å². The highest BCUT2D eigenvalue weighted by Crippen LogP contribution is 2.24. The van der Waals surface area contributed by atoms with E-state index in [9.17, 15) is 10.1 Å². The van der Waals surface area contributed by atoms with Gasteiger partial charge in [0.2, 0.25) is 0 Å². The molecule has 2 unspecified atom stereocenters. The Morgan fingerprint density at radius 3 is 2.85 bits per heavy atom. The van der Waals surface area contributed by atoms with Crippen LogP contribution in [0.3, 0.4) is 0 Å². The second kappa shape index (κ2) is 6.19. The first-order valence-corrected chi connectivity index (χ1v) is 6.79. The van der Waals surface area contributed by atoms with E-state index in [1.54, 1.807) is 6.07 Å². The molecule has 6 heteroatoms. The lowest BCUT2D eigenvalue weighted by Crippen LogP contribution is -2.53. The number of ether oxygens (including phenoxy) is 1. The van der Waals surface area contributed by atoms with Gasteiger partial charge < -0.3 is 10.1 Å². The molecule has 6 nitrogen and oxygen atoms in total. The van der Waals surface area contributed by atoms with Crippen LogP contribution < -0.4 is 10.1 Å². The number of nitro groups is 1. The standard InChI is InChI=1S/C14H21N3O3/c1-10-8-16(11(2)7-15-10)9-12-4-13(17(18)19)6-14(5-12)20-3/h4-6,10-11,15H,7-9H2,1-3H3. The maximum Gasteiger partial charge on any atom is 0.273 e. The van der Waals surface area contributed by atoms with Crippen LogP contribution in [0.4, 0.5) is 5.69 Å². The van der Waals surface area contributed by atoms with Crippen molar-refractivity contribution in [1.29, 1.82) is 0 Å². The Morgan fingerprint density at radius 2 is 2.20 bits per heavy atom. The molecule has 0 radical (unpaired) electrons. The Bertz CT molecular complexity index is 493. The molecule has 1 aromatic rings. The van der Waals surface area contributed by atoms with E-state index in [-0.39, 0.29) is 10.6 Å². The molecule has 20 heavy (non-hydrogen) atoms. The van der Waals surface area contributed by atoms with E-state index < -0.39 is 0 Å². The largest absolute Gasteiger partial charge is 0.496 e. The minimum atomic E-state index is -0.379. The van der Waals surface area contributed by atoms with Gasteiger partial charge in [-0.2, -0.15) is 0 Å². The highest BCUT2D eigenvalue weighted by molar-refractivity contribution is 5.42. The SMILES string of the molecule is COc1cc(CN2CC(C)NCC2C)cc([N+](=O)[O-])c1. The maximum absolute atomic E-state index is 11.0. The van der Waals surface area contributed by atoms with Crippen molar-refractivity contribution in [3.63, 3.8) is 0 Å². The third-order valence-electron chi connectivity index (χ3n) is 3.68. The van der Waals surface area contributed by atoms with Crippen LogP contribution in [0.2, 0.25) is 0 Å².